The van der Waals surface area contributed by atoms with Crippen LogP contribution >= 0.6 is 23.1 Å². The minimum Gasteiger partial charge on any atom is -0.382 e. The molecule has 1 aromatic carbocycles. The van der Waals surface area contributed by atoms with Crippen LogP contribution in [0.15, 0.2) is 35.4 Å². The van der Waals surface area contributed by atoms with Gasteiger partial charge in [-0.05, 0) is 30.7 Å². The van der Waals surface area contributed by atoms with Gasteiger partial charge in [-0.1, -0.05) is 37.3 Å². The molecule has 4 rings (SSSR count). The topological polar surface area (TPSA) is 51.8 Å². The maximum atomic E-state index is 6.13. The number of hydrogen-bond acceptors (Lipinski definition) is 5. The van der Waals surface area contributed by atoms with Gasteiger partial charge in [0.25, 0.3) is 0 Å². The number of thioether (sulfide) groups is 1. The first-order valence-corrected chi connectivity index (χ1v) is 9.75. The molecule has 3 nitrogen and oxygen atoms in total. The fraction of sp³-hybridized carbons (Fsp3) is 0.333. The Kier molecular flexibility index (Phi) is 3.99. The van der Waals surface area contributed by atoms with Gasteiger partial charge in [0.05, 0.1) is 10.6 Å². The fourth-order valence-electron chi connectivity index (χ4n) is 3.00. The van der Waals surface area contributed by atoms with Crippen molar-refractivity contribution in [3.63, 3.8) is 0 Å². The normalized spacial score (nSPS) is 17.3. The van der Waals surface area contributed by atoms with E-state index >= 15 is 0 Å². The summed E-state index contributed by atoms with van der Waals surface area (Å²) in [6.45, 7) is 2.30. The van der Waals surface area contributed by atoms with Crippen molar-refractivity contribution in [2.45, 2.75) is 37.0 Å². The van der Waals surface area contributed by atoms with Crippen molar-refractivity contribution in [1.29, 1.82) is 0 Å². The van der Waals surface area contributed by atoms with Gasteiger partial charge in [-0.3, -0.25) is 0 Å². The highest BCUT2D eigenvalue weighted by Gasteiger charge is 2.25. The number of fused-ring (bicyclic) bond motifs is 2. The van der Waals surface area contributed by atoms with E-state index in [9.17, 15) is 0 Å². The number of benzene rings is 1. The molecule has 118 valence electrons. The Labute approximate surface area is 144 Å². The van der Waals surface area contributed by atoms with Crippen LogP contribution in [-0.4, -0.2) is 9.97 Å². The Hall–Kier alpha value is -1.59. The highest BCUT2D eigenvalue weighted by atomic mass is 32.2. The van der Waals surface area contributed by atoms with Gasteiger partial charge < -0.3 is 5.73 Å². The summed E-state index contributed by atoms with van der Waals surface area (Å²) in [5.74, 6) is 2.20. The molecule has 0 amide bonds. The van der Waals surface area contributed by atoms with Crippen molar-refractivity contribution in [2.24, 2.45) is 5.92 Å². The van der Waals surface area contributed by atoms with Crippen LogP contribution in [0.4, 0.5) is 5.82 Å². The summed E-state index contributed by atoms with van der Waals surface area (Å²) >= 11 is 3.60. The molecule has 2 N–H and O–H groups in total. The summed E-state index contributed by atoms with van der Waals surface area (Å²) in [4.78, 5) is 12.0. The molecule has 0 fully saturated rings. The number of anilines is 1. The number of nitrogen functional groups attached to an aromatic ring is 1. The molecule has 3 aliphatic rings. The fourth-order valence-corrected chi connectivity index (χ4v) is 5.28. The first kappa shape index (κ1) is 15.0. The molecule has 5 heteroatoms. The number of aromatic nitrogens is 2. The van der Waals surface area contributed by atoms with Crippen molar-refractivity contribution in [3.05, 3.63) is 46.5 Å². The van der Waals surface area contributed by atoms with E-state index in [-0.39, 0.29) is 0 Å². The number of rotatable bonds is 3. The van der Waals surface area contributed by atoms with Gasteiger partial charge in [0, 0.05) is 10.6 Å². The van der Waals surface area contributed by atoms with E-state index in [1.807, 2.05) is 17.4 Å². The average molecular weight is 342 g/mol. The second kappa shape index (κ2) is 6.13. The zero-order valence-electron chi connectivity index (χ0n) is 13.1. The highest BCUT2D eigenvalue weighted by Crippen LogP contribution is 2.43. The van der Waals surface area contributed by atoms with Crippen molar-refractivity contribution >= 4 is 28.9 Å². The molecule has 1 unspecified atom stereocenters. The van der Waals surface area contributed by atoms with E-state index < -0.39 is 0 Å². The Bertz CT molecular complexity index is 798. The summed E-state index contributed by atoms with van der Waals surface area (Å²) in [5.41, 5.74) is 9.57. The van der Waals surface area contributed by atoms with E-state index in [2.05, 4.69) is 36.2 Å². The second-order valence-corrected chi connectivity index (χ2v) is 8.26. The van der Waals surface area contributed by atoms with E-state index in [1.54, 1.807) is 11.8 Å². The Balaban J connectivity index is 1.66. The van der Waals surface area contributed by atoms with E-state index in [0.29, 0.717) is 5.82 Å². The number of hydrogen-bond donors (Lipinski definition) is 1. The third kappa shape index (κ3) is 2.95. The Morgan fingerprint density at radius 2 is 2.09 bits per heavy atom. The predicted octanol–water partition coefficient (Wildman–Crippen LogP) is 4.64. The minimum absolute atomic E-state index is 0.577. The van der Waals surface area contributed by atoms with Crippen LogP contribution in [-0.2, 0) is 18.6 Å². The second-order valence-electron chi connectivity index (χ2n) is 6.19. The van der Waals surface area contributed by atoms with Gasteiger partial charge in [0.1, 0.15) is 10.7 Å². The van der Waals surface area contributed by atoms with E-state index in [4.69, 9.17) is 10.7 Å². The van der Waals surface area contributed by atoms with Crippen LogP contribution < -0.4 is 5.73 Å². The molecule has 23 heavy (non-hydrogen) atoms. The van der Waals surface area contributed by atoms with Gasteiger partial charge in [0.2, 0.25) is 0 Å². The van der Waals surface area contributed by atoms with Gasteiger partial charge in [-0.2, -0.15) is 0 Å². The first-order chi connectivity index (χ1) is 11.2. The lowest BCUT2D eigenvalue weighted by molar-refractivity contribution is 0.497. The summed E-state index contributed by atoms with van der Waals surface area (Å²) in [5, 5.41) is 1.03. The van der Waals surface area contributed by atoms with Crippen LogP contribution in [0.1, 0.15) is 29.5 Å². The number of nitrogens with two attached hydrogens (primary N) is 1. The lowest BCUT2D eigenvalue weighted by Crippen LogP contribution is -2.12. The smallest absolute Gasteiger partial charge is 0.152 e. The molecule has 0 bridgehead atoms. The largest absolute Gasteiger partial charge is 0.382 e. The third-order valence-corrected chi connectivity index (χ3v) is 6.74. The van der Waals surface area contributed by atoms with E-state index in [1.165, 1.54) is 22.6 Å². The standard InChI is InChI=1S/C18H19N3S2/c1-11-7-8-14-13(9-11)20-15-16(23-14)18(21-17(15)19)22-10-12-5-3-2-4-6-12/h2-6,11H,7-10H2,1H3,(H2,19,21). The highest BCUT2D eigenvalue weighted by molar-refractivity contribution is 7.98. The quantitative estimate of drug-likeness (QED) is 0.705. The van der Waals surface area contributed by atoms with E-state index in [0.717, 1.165) is 40.1 Å². The van der Waals surface area contributed by atoms with Crippen LogP contribution in [0.5, 0.6) is 0 Å². The molecule has 2 heterocycles. The minimum atomic E-state index is 0.577. The SMILES string of the molecule is CC1CCc2sc3c(SCc4ccccc4)nc(N)c-3nc2C1. The van der Waals surface area contributed by atoms with Crippen molar-refractivity contribution in [1.82, 2.24) is 9.97 Å². The molecule has 1 aliphatic carbocycles. The molecule has 1 aromatic rings. The van der Waals surface area contributed by atoms with Gasteiger partial charge in [0.15, 0.2) is 5.82 Å². The van der Waals surface area contributed by atoms with Crippen LogP contribution in [0.2, 0.25) is 0 Å². The average Bonchev–Trinajstić information content (AvgIpc) is 2.87. The Morgan fingerprint density at radius 1 is 1.26 bits per heavy atom. The van der Waals surface area contributed by atoms with Crippen molar-refractivity contribution in [2.75, 3.05) is 5.73 Å². The van der Waals surface area contributed by atoms with Crippen molar-refractivity contribution in [3.8, 4) is 10.6 Å². The van der Waals surface area contributed by atoms with Crippen LogP contribution in [0, 0.1) is 5.92 Å². The maximum absolute atomic E-state index is 6.13. The molecular weight excluding hydrogens is 322 g/mol. The number of nitrogens with zero attached hydrogens (tertiary/aromatic N) is 2. The van der Waals surface area contributed by atoms with Gasteiger partial charge in [-0.25, -0.2) is 9.97 Å². The molecule has 1 atom stereocenters. The van der Waals surface area contributed by atoms with Crippen LogP contribution in [0.25, 0.3) is 10.6 Å². The molecule has 0 saturated carbocycles. The molecular formula is C18H19N3S2. The zero-order valence-corrected chi connectivity index (χ0v) is 14.7. The van der Waals surface area contributed by atoms with Gasteiger partial charge in [-0.15, -0.1) is 23.1 Å². The van der Waals surface area contributed by atoms with Crippen LogP contribution in [0.3, 0.4) is 0 Å². The summed E-state index contributed by atoms with van der Waals surface area (Å²) < 4.78 is 0. The summed E-state index contributed by atoms with van der Waals surface area (Å²) in [6, 6.07) is 10.5. The summed E-state index contributed by atoms with van der Waals surface area (Å²) in [6.07, 6.45) is 3.46. The van der Waals surface area contributed by atoms with Crippen molar-refractivity contribution < 1.29 is 0 Å². The van der Waals surface area contributed by atoms with Gasteiger partial charge >= 0.3 is 0 Å². The molecule has 0 saturated heterocycles. The molecule has 0 spiro atoms. The monoisotopic (exact) mass is 341 g/mol. The molecule has 0 aromatic heterocycles. The first-order valence-electron chi connectivity index (χ1n) is 7.95. The Morgan fingerprint density at radius 3 is 2.91 bits per heavy atom. The lowest BCUT2D eigenvalue weighted by atomic mass is 9.93. The number of aryl methyl sites for hydroxylation is 1. The lowest BCUT2D eigenvalue weighted by Gasteiger charge is -2.20. The zero-order chi connectivity index (χ0) is 15.8. The predicted molar refractivity (Wildman–Crippen MR) is 98.1 cm³/mol. The molecule has 2 aliphatic heterocycles. The summed E-state index contributed by atoms with van der Waals surface area (Å²) in [7, 11) is 0. The third-order valence-electron chi connectivity index (χ3n) is 4.29. The maximum Gasteiger partial charge on any atom is 0.152 e. The molecule has 0 radical (unpaired) electrons.